The monoisotopic (exact) mass is 403 g/mol. The molecular formula is C20H25N3O4S. The maximum atomic E-state index is 13.3. The normalized spacial score (nSPS) is 15.2. The molecule has 150 valence electrons. The minimum absolute atomic E-state index is 0.0415. The van der Waals surface area contributed by atoms with Crippen molar-refractivity contribution in [3.63, 3.8) is 0 Å². The maximum absolute atomic E-state index is 13.3. The lowest BCUT2D eigenvalue weighted by atomic mass is 10.1. The maximum Gasteiger partial charge on any atom is 0.246 e. The topological polar surface area (TPSA) is 87.7 Å². The van der Waals surface area contributed by atoms with Crippen molar-refractivity contribution >= 4 is 21.6 Å². The fourth-order valence-electron chi connectivity index (χ4n) is 3.22. The molecule has 1 saturated heterocycles. The molecule has 1 amide bonds. The van der Waals surface area contributed by atoms with Crippen molar-refractivity contribution < 1.29 is 17.9 Å². The summed E-state index contributed by atoms with van der Waals surface area (Å²) < 4.78 is 34.0. The van der Waals surface area contributed by atoms with Crippen molar-refractivity contribution in [2.24, 2.45) is 0 Å². The van der Waals surface area contributed by atoms with Crippen LogP contribution in [0.25, 0.3) is 0 Å². The fourth-order valence-corrected chi connectivity index (χ4v) is 4.80. The minimum atomic E-state index is -3.77. The number of hydrogen-bond acceptors (Lipinski definition) is 5. The Morgan fingerprint density at radius 2 is 1.71 bits per heavy atom. The molecule has 0 unspecified atom stereocenters. The number of amides is 1. The number of ether oxygens (including phenoxy) is 1. The summed E-state index contributed by atoms with van der Waals surface area (Å²) in [5.41, 5.74) is 2.46. The zero-order chi connectivity index (χ0) is 20.3. The Labute approximate surface area is 165 Å². The van der Waals surface area contributed by atoms with Gasteiger partial charge in [0.2, 0.25) is 15.9 Å². The average Bonchev–Trinajstić information content (AvgIpc) is 2.62. The summed E-state index contributed by atoms with van der Waals surface area (Å²) in [5, 5.41) is 5.79. The number of hydrogen-bond donors (Lipinski definition) is 2. The summed E-state index contributed by atoms with van der Waals surface area (Å²) in [6, 6.07) is 10.4. The van der Waals surface area contributed by atoms with Gasteiger partial charge in [0.25, 0.3) is 0 Å². The largest absolute Gasteiger partial charge is 0.456 e. The van der Waals surface area contributed by atoms with Crippen LogP contribution in [0.2, 0.25) is 0 Å². The third kappa shape index (κ3) is 4.70. The van der Waals surface area contributed by atoms with Crippen LogP contribution in [0.15, 0.2) is 41.3 Å². The summed E-state index contributed by atoms with van der Waals surface area (Å²) in [7, 11) is -3.77. The van der Waals surface area contributed by atoms with Gasteiger partial charge in [-0.05, 0) is 55.3 Å². The molecular weight excluding hydrogens is 378 g/mol. The van der Waals surface area contributed by atoms with Gasteiger partial charge in [-0.3, -0.25) is 4.79 Å². The first-order valence-corrected chi connectivity index (χ1v) is 10.6. The van der Waals surface area contributed by atoms with Crippen LogP contribution in [0.4, 0.5) is 5.69 Å². The van der Waals surface area contributed by atoms with E-state index in [1.807, 2.05) is 32.0 Å². The molecule has 2 aromatic rings. The lowest BCUT2D eigenvalue weighted by molar-refractivity contribution is -0.114. The van der Waals surface area contributed by atoms with Crippen molar-refractivity contribution in [2.45, 2.75) is 25.7 Å². The molecule has 3 rings (SSSR count). The van der Waals surface area contributed by atoms with Gasteiger partial charge in [-0.25, -0.2) is 8.42 Å². The lowest BCUT2D eigenvalue weighted by Crippen LogP contribution is -2.46. The van der Waals surface area contributed by atoms with Gasteiger partial charge in [0.05, 0.1) is 0 Å². The Balaban J connectivity index is 2.04. The fraction of sp³-hybridized carbons (Fsp3) is 0.350. The van der Waals surface area contributed by atoms with Gasteiger partial charge in [0, 0.05) is 38.8 Å². The number of nitrogens with zero attached hydrogens (tertiary/aromatic N) is 1. The van der Waals surface area contributed by atoms with E-state index >= 15 is 0 Å². The molecule has 0 atom stereocenters. The van der Waals surface area contributed by atoms with E-state index < -0.39 is 10.0 Å². The van der Waals surface area contributed by atoms with Crippen LogP contribution < -0.4 is 15.4 Å². The zero-order valence-corrected chi connectivity index (χ0v) is 17.1. The van der Waals surface area contributed by atoms with Gasteiger partial charge >= 0.3 is 0 Å². The second kappa shape index (κ2) is 8.30. The van der Waals surface area contributed by atoms with Gasteiger partial charge in [-0.15, -0.1) is 0 Å². The SMILES string of the molecule is CC(=O)Nc1ccc(Oc2cc(C)cc(C)c2)c(S(=O)(=O)N2CCNCC2)c1. The van der Waals surface area contributed by atoms with Crippen molar-refractivity contribution in [1.82, 2.24) is 9.62 Å². The Hall–Kier alpha value is -2.42. The van der Waals surface area contributed by atoms with Crippen LogP contribution >= 0.6 is 0 Å². The van der Waals surface area contributed by atoms with E-state index in [0.29, 0.717) is 37.6 Å². The third-order valence-electron chi connectivity index (χ3n) is 4.38. The molecule has 0 aliphatic carbocycles. The van der Waals surface area contributed by atoms with Crippen LogP contribution in [0, 0.1) is 13.8 Å². The molecule has 2 aromatic carbocycles. The van der Waals surface area contributed by atoms with Gasteiger partial charge in [0.15, 0.2) is 0 Å². The van der Waals surface area contributed by atoms with Crippen LogP contribution in [0.3, 0.4) is 0 Å². The molecule has 1 fully saturated rings. The highest BCUT2D eigenvalue weighted by molar-refractivity contribution is 7.89. The Bertz CT molecular complexity index is 963. The van der Waals surface area contributed by atoms with E-state index in [4.69, 9.17) is 4.74 Å². The number of anilines is 1. The van der Waals surface area contributed by atoms with Crippen LogP contribution in [0.5, 0.6) is 11.5 Å². The lowest BCUT2D eigenvalue weighted by Gasteiger charge is -2.27. The number of rotatable bonds is 5. The van der Waals surface area contributed by atoms with E-state index in [1.165, 1.54) is 17.3 Å². The molecule has 7 nitrogen and oxygen atoms in total. The summed E-state index contributed by atoms with van der Waals surface area (Å²) in [5.74, 6) is 0.535. The van der Waals surface area contributed by atoms with E-state index in [0.717, 1.165) is 11.1 Å². The molecule has 0 spiro atoms. The number of sulfonamides is 1. The van der Waals surface area contributed by atoms with Gasteiger partial charge < -0.3 is 15.4 Å². The van der Waals surface area contributed by atoms with Gasteiger partial charge in [-0.1, -0.05) is 6.07 Å². The Morgan fingerprint density at radius 3 is 2.32 bits per heavy atom. The van der Waals surface area contributed by atoms with Crippen LogP contribution in [0.1, 0.15) is 18.1 Å². The zero-order valence-electron chi connectivity index (χ0n) is 16.3. The number of nitrogens with one attached hydrogen (secondary N) is 2. The second-order valence-corrected chi connectivity index (χ2v) is 8.83. The highest BCUT2D eigenvalue weighted by Gasteiger charge is 2.29. The molecule has 8 heteroatoms. The number of piperazine rings is 1. The molecule has 0 saturated carbocycles. The first kappa shape index (κ1) is 20.3. The molecule has 1 heterocycles. The van der Waals surface area contributed by atoms with Crippen molar-refractivity contribution in [1.29, 1.82) is 0 Å². The van der Waals surface area contributed by atoms with Gasteiger partial charge in [-0.2, -0.15) is 4.31 Å². The molecule has 2 N–H and O–H groups in total. The predicted octanol–water partition coefficient (Wildman–Crippen LogP) is 2.65. The molecule has 28 heavy (non-hydrogen) atoms. The van der Waals surface area contributed by atoms with E-state index in [1.54, 1.807) is 12.1 Å². The Kier molecular flexibility index (Phi) is 6.02. The average molecular weight is 404 g/mol. The quantitative estimate of drug-likeness (QED) is 0.801. The predicted molar refractivity (Wildman–Crippen MR) is 108 cm³/mol. The number of carbonyl (C=O) groups is 1. The van der Waals surface area contributed by atoms with Gasteiger partial charge in [0.1, 0.15) is 16.4 Å². The first-order chi connectivity index (χ1) is 13.3. The van der Waals surface area contributed by atoms with Crippen molar-refractivity contribution in [3.8, 4) is 11.5 Å². The molecule has 0 bridgehead atoms. The van der Waals surface area contributed by atoms with Crippen LogP contribution in [-0.4, -0.2) is 44.8 Å². The van der Waals surface area contributed by atoms with Crippen LogP contribution in [-0.2, 0) is 14.8 Å². The summed E-state index contributed by atoms with van der Waals surface area (Å²) in [6.45, 7) is 7.25. The molecule has 0 radical (unpaired) electrons. The first-order valence-electron chi connectivity index (χ1n) is 9.14. The highest BCUT2D eigenvalue weighted by Crippen LogP contribution is 2.34. The molecule has 1 aliphatic heterocycles. The number of carbonyl (C=O) groups excluding carboxylic acids is 1. The molecule has 1 aliphatic rings. The van der Waals surface area contributed by atoms with Crippen molar-refractivity contribution in [2.75, 3.05) is 31.5 Å². The summed E-state index contributed by atoms with van der Waals surface area (Å²) >= 11 is 0. The third-order valence-corrected chi connectivity index (χ3v) is 6.30. The second-order valence-electron chi connectivity index (χ2n) is 6.92. The number of aryl methyl sites for hydroxylation is 2. The van der Waals surface area contributed by atoms with E-state index in [2.05, 4.69) is 10.6 Å². The standard InChI is InChI=1S/C20H25N3O4S/c1-14-10-15(2)12-18(11-14)27-19-5-4-17(22-16(3)24)13-20(19)28(25,26)23-8-6-21-7-9-23/h4-5,10-13,21H,6-9H2,1-3H3,(H,22,24). The van der Waals surface area contributed by atoms with Crippen molar-refractivity contribution in [3.05, 3.63) is 47.5 Å². The number of benzene rings is 2. The molecule has 0 aromatic heterocycles. The summed E-state index contributed by atoms with van der Waals surface area (Å²) in [6.07, 6.45) is 0. The minimum Gasteiger partial charge on any atom is -0.456 e. The van der Waals surface area contributed by atoms with E-state index in [-0.39, 0.29) is 16.6 Å². The smallest absolute Gasteiger partial charge is 0.246 e. The Morgan fingerprint density at radius 1 is 1.07 bits per heavy atom. The summed E-state index contributed by atoms with van der Waals surface area (Å²) in [4.78, 5) is 11.5. The highest BCUT2D eigenvalue weighted by atomic mass is 32.2. The van der Waals surface area contributed by atoms with E-state index in [9.17, 15) is 13.2 Å².